The number of fused-ring (bicyclic) bond motifs is 3. The van der Waals surface area contributed by atoms with Gasteiger partial charge in [-0.15, -0.1) is 5.10 Å². The summed E-state index contributed by atoms with van der Waals surface area (Å²) in [6, 6.07) is -0.0172. The first-order valence-electron chi connectivity index (χ1n) is 24.8. The minimum absolute atomic E-state index is 0.00210. The highest BCUT2D eigenvalue weighted by Crippen LogP contribution is 2.21. The van der Waals surface area contributed by atoms with E-state index in [0.29, 0.717) is 11.1 Å². The molecule has 1 saturated heterocycles. The first kappa shape index (κ1) is 59.7. The monoisotopic (exact) mass is 1090 g/mol. The van der Waals surface area contributed by atoms with E-state index in [1.807, 2.05) is 0 Å². The van der Waals surface area contributed by atoms with Crippen LogP contribution in [0.15, 0.2) is 60.8 Å². The third-order valence-electron chi connectivity index (χ3n) is 12.5. The fraction of sp³-hybridized carbons (Fsp3) is 0.469. The average Bonchev–Trinajstić information content (AvgIpc) is 4.06. The van der Waals surface area contributed by atoms with Gasteiger partial charge in [-0.2, -0.15) is 4.79 Å². The van der Waals surface area contributed by atoms with Crippen LogP contribution in [0.3, 0.4) is 0 Å². The maximum atomic E-state index is 14.5. The van der Waals surface area contributed by atoms with Crippen molar-refractivity contribution in [3.63, 3.8) is 0 Å². The van der Waals surface area contributed by atoms with Crippen LogP contribution >= 0.6 is 0 Å². The number of aromatic nitrogens is 3. The van der Waals surface area contributed by atoms with Crippen molar-refractivity contribution in [2.24, 2.45) is 11.7 Å². The SMILES string of the molecule is CC(C)C[C@@H]1NC(=O)NC(=O)[C@@H]2CCCN2C(=O)[C@H](CCC(=O)O)NC(=O)[C@H](CC(=O)O)NC(=O)[C@H](Cc2ccc(O)cc2)NC(=O)[C@H](Cc2ccccc2)Nn2cc(nn2)C[C@@H](C(N)=O)NC(=O)[C@H](CCC(=O)O)NC1=O. The fourth-order valence-electron chi connectivity index (χ4n) is 8.57. The normalized spacial score (nSPS) is 23.5. The molecule has 3 heterocycles. The first-order chi connectivity index (χ1) is 36.9. The largest absolute Gasteiger partial charge is 0.508 e. The number of carboxylic acid groups (broad SMARTS) is 3. The van der Waals surface area contributed by atoms with Gasteiger partial charge >= 0.3 is 23.9 Å². The van der Waals surface area contributed by atoms with E-state index in [1.54, 1.807) is 44.2 Å². The molecular weight excluding hydrogens is 1030 g/mol. The second kappa shape index (κ2) is 28.1. The van der Waals surface area contributed by atoms with Crippen molar-refractivity contribution in [3.05, 3.63) is 77.6 Å². The molecule has 29 heteroatoms. The minimum atomic E-state index is -1.98. The van der Waals surface area contributed by atoms with Crippen molar-refractivity contribution >= 4 is 71.2 Å². The number of phenolic OH excluding ortho intramolecular Hbond substituents is 1. The predicted octanol–water partition coefficient (Wildman–Crippen LogP) is -2.72. The molecule has 78 heavy (non-hydrogen) atoms. The van der Waals surface area contributed by atoms with Gasteiger partial charge in [0.2, 0.25) is 41.4 Å². The summed E-state index contributed by atoms with van der Waals surface area (Å²) < 4.78 is 0. The van der Waals surface area contributed by atoms with Gasteiger partial charge < -0.3 is 63.0 Å². The smallest absolute Gasteiger partial charge is 0.322 e. The zero-order valence-electron chi connectivity index (χ0n) is 42.5. The average molecular weight is 1090 g/mol. The number of carbonyl (C=O) groups excluding carboxylic acids is 9. The number of rotatable bonds is 15. The third kappa shape index (κ3) is 18.3. The predicted molar refractivity (Wildman–Crippen MR) is 268 cm³/mol. The molecule has 1 aromatic heterocycles. The molecule has 5 rings (SSSR count). The number of aliphatic carboxylic acids is 3. The number of hydrogen-bond acceptors (Lipinski definition) is 16. The zero-order valence-corrected chi connectivity index (χ0v) is 42.5. The van der Waals surface area contributed by atoms with Crippen LogP contribution in [-0.4, -0.2) is 167 Å². The second-order valence-corrected chi connectivity index (χ2v) is 19.1. The third-order valence-corrected chi connectivity index (χ3v) is 12.5. The lowest BCUT2D eigenvalue weighted by Crippen LogP contribution is -2.60. The van der Waals surface area contributed by atoms with Crippen molar-refractivity contribution in [1.82, 2.24) is 57.2 Å². The summed E-state index contributed by atoms with van der Waals surface area (Å²) in [5, 5.41) is 63.6. The lowest BCUT2D eigenvalue weighted by molar-refractivity contribution is -0.144. The van der Waals surface area contributed by atoms with Crippen LogP contribution in [0.5, 0.6) is 5.75 Å². The number of hydrogen-bond donors (Lipinski definition) is 13. The van der Waals surface area contributed by atoms with Crippen molar-refractivity contribution < 1.29 is 78.0 Å². The molecule has 29 nitrogen and oxygen atoms in total. The van der Waals surface area contributed by atoms with Gasteiger partial charge in [0.1, 0.15) is 54.1 Å². The Hall–Kier alpha value is -9.18. The number of carbonyl (C=O) groups is 12. The van der Waals surface area contributed by atoms with Gasteiger partial charge in [-0.3, -0.25) is 63.5 Å². The Balaban J connectivity index is 1.58. The van der Waals surface area contributed by atoms with Crippen LogP contribution in [0, 0.1) is 5.92 Å². The van der Waals surface area contributed by atoms with Gasteiger partial charge in [0.25, 0.3) is 5.91 Å². The van der Waals surface area contributed by atoms with E-state index in [2.05, 4.69) is 53.0 Å². The Morgan fingerprint density at radius 2 is 1.21 bits per heavy atom. The fourth-order valence-corrected chi connectivity index (χ4v) is 8.57. The number of nitrogens with one attached hydrogen (secondary N) is 8. The van der Waals surface area contributed by atoms with E-state index in [1.165, 1.54) is 30.5 Å². The van der Waals surface area contributed by atoms with Crippen molar-refractivity contribution in [3.8, 4) is 5.75 Å². The van der Waals surface area contributed by atoms with Gasteiger partial charge in [0, 0.05) is 38.6 Å². The molecule has 2 aliphatic heterocycles. The Kier molecular flexibility index (Phi) is 21.5. The standard InChI is InChI=1S/C49H63N13O16/c1-25(2)19-33-43(72)51-30(14-16-38(64)65)42(71)53-32(41(50)70)22-28-24-62(60-58-28)59-36(21-26-7-4-3-5-8-26)46(75)54-34(20-27-10-12-29(63)13-11-27)44(73)55-35(23-40(68)69)45(74)52-31(15-17-39(66)67)48(77)61-18-6-9-37(61)47(76)57-49(78)56-33/h3-5,7-8,10-13,24-25,30-37,59,63H,6,9,14-23H2,1-2H3,(H2,50,70)(H,51,72)(H,52,74)(H,53,71)(H,54,75)(H,55,73)(H,64,65)(H,66,67)(H,68,69)(H2,56,57,76,78)/t30-,31-,32-,33-,34-,35-,36-,37-/m0/s1. The topological polar surface area (TPSA) is 442 Å². The molecule has 0 saturated carbocycles. The molecule has 2 bridgehead atoms. The molecule has 0 spiro atoms. The van der Waals surface area contributed by atoms with Gasteiger partial charge in [-0.1, -0.05) is 56.3 Å². The molecule has 3 aromatic rings. The number of amides is 10. The van der Waals surface area contributed by atoms with E-state index in [-0.39, 0.29) is 56.0 Å². The molecule has 2 aliphatic rings. The summed E-state index contributed by atoms with van der Waals surface area (Å²) in [5.74, 6) is -13.3. The number of phenols is 1. The molecule has 8 atom stereocenters. The Labute approximate surface area is 445 Å². The maximum Gasteiger partial charge on any atom is 0.322 e. The maximum absolute atomic E-state index is 14.5. The number of carboxylic acids is 3. The summed E-state index contributed by atoms with van der Waals surface area (Å²) >= 11 is 0. The molecular formula is C49H63N13O16. The number of imide groups is 1. The number of nitrogens with two attached hydrogens (primary N) is 1. The quantitative estimate of drug-likeness (QED) is 0.0735. The summed E-state index contributed by atoms with van der Waals surface area (Å²) in [6.45, 7) is 3.23. The lowest BCUT2D eigenvalue weighted by atomic mass is 10.0. The highest BCUT2D eigenvalue weighted by molar-refractivity contribution is 6.02. The van der Waals surface area contributed by atoms with Crippen molar-refractivity contribution in [1.29, 1.82) is 0 Å². The van der Waals surface area contributed by atoms with Crippen molar-refractivity contribution in [2.75, 3.05) is 12.0 Å². The second-order valence-electron chi connectivity index (χ2n) is 19.1. The van der Waals surface area contributed by atoms with E-state index >= 15 is 0 Å². The van der Waals surface area contributed by atoms with Gasteiger partial charge in [0.15, 0.2) is 0 Å². The van der Waals surface area contributed by atoms with Crippen LogP contribution in [0.25, 0.3) is 0 Å². The minimum Gasteiger partial charge on any atom is -0.508 e. The Bertz CT molecular complexity index is 2700. The number of urea groups is 1. The van der Waals surface area contributed by atoms with Gasteiger partial charge in [0.05, 0.1) is 18.3 Å². The Morgan fingerprint density at radius 1 is 0.654 bits per heavy atom. The van der Waals surface area contributed by atoms with E-state index < -0.39 is 158 Å². The van der Waals surface area contributed by atoms with E-state index in [0.717, 1.165) is 9.69 Å². The zero-order chi connectivity index (χ0) is 57.2. The lowest BCUT2D eigenvalue weighted by Gasteiger charge is -2.30. The molecule has 2 aromatic carbocycles. The highest BCUT2D eigenvalue weighted by Gasteiger charge is 2.40. The Morgan fingerprint density at radius 3 is 1.83 bits per heavy atom. The molecule has 10 amide bonds. The summed E-state index contributed by atoms with van der Waals surface area (Å²) in [7, 11) is 0. The summed E-state index contributed by atoms with van der Waals surface area (Å²) in [4.78, 5) is 163. The number of primary amides is 1. The molecule has 0 aliphatic carbocycles. The highest BCUT2D eigenvalue weighted by atomic mass is 16.4. The van der Waals surface area contributed by atoms with Crippen molar-refractivity contribution in [2.45, 2.75) is 133 Å². The van der Waals surface area contributed by atoms with E-state index in [4.69, 9.17) is 5.73 Å². The number of nitrogens with zero attached hydrogens (tertiary/aromatic N) is 4. The van der Waals surface area contributed by atoms with Crippen LogP contribution in [-0.2, 0) is 72.0 Å². The van der Waals surface area contributed by atoms with E-state index in [9.17, 15) is 78.0 Å². The molecule has 0 radical (unpaired) electrons. The molecule has 14 N–H and O–H groups in total. The van der Waals surface area contributed by atoms with Crippen LogP contribution in [0.1, 0.15) is 82.0 Å². The van der Waals surface area contributed by atoms with Crippen LogP contribution in [0.2, 0.25) is 0 Å². The molecule has 1 fully saturated rings. The summed E-state index contributed by atoms with van der Waals surface area (Å²) in [6.07, 6.45) is -3.15. The number of benzene rings is 2. The van der Waals surface area contributed by atoms with Crippen LogP contribution < -0.4 is 48.4 Å². The van der Waals surface area contributed by atoms with Gasteiger partial charge in [-0.25, -0.2) is 4.79 Å². The number of aromatic hydroxyl groups is 1. The summed E-state index contributed by atoms with van der Waals surface area (Å²) in [5.41, 5.74) is 9.52. The molecule has 420 valence electrons. The first-order valence-corrected chi connectivity index (χ1v) is 24.8. The van der Waals surface area contributed by atoms with Crippen LogP contribution in [0.4, 0.5) is 4.79 Å². The van der Waals surface area contributed by atoms with Gasteiger partial charge in [-0.05, 0) is 66.5 Å². The molecule has 0 unspecified atom stereocenters.